The minimum absolute atomic E-state index is 0.508. The molecule has 1 aromatic rings. The van der Waals surface area contributed by atoms with Gasteiger partial charge in [-0.25, -0.2) is 9.97 Å². The Balaban J connectivity index is 0.000000861. The third-order valence-corrected chi connectivity index (χ3v) is 3.13. The molecule has 1 aliphatic heterocycles. The summed E-state index contributed by atoms with van der Waals surface area (Å²) in [5, 5.41) is 9.98. The van der Waals surface area contributed by atoms with E-state index in [-0.39, 0.29) is 0 Å². The summed E-state index contributed by atoms with van der Waals surface area (Å²) >= 11 is 0. The summed E-state index contributed by atoms with van der Waals surface area (Å²) in [7, 11) is 0. The number of aromatic nitrogens is 2. The fourth-order valence-corrected chi connectivity index (χ4v) is 2.61. The van der Waals surface area contributed by atoms with E-state index in [4.69, 9.17) is 4.74 Å². The van der Waals surface area contributed by atoms with E-state index in [1.807, 2.05) is 34.6 Å². The maximum Gasteiger partial charge on any atom is 0.125 e. The fourth-order valence-electron chi connectivity index (χ4n) is 2.61. The maximum absolute atomic E-state index is 9.98. The zero-order chi connectivity index (χ0) is 14.8. The maximum atomic E-state index is 9.98. The quantitative estimate of drug-likeness (QED) is 0.894. The lowest BCUT2D eigenvalue weighted by atomic mass is 9.87. The Morgan fingerprint density at radius 1 is 1.26 bits per heavy atom. The number of aliphatic hydroxyl groups is 1. The van der Waals surface area contributed by atoms with Gasteiger partial charge in [-0.3, -0.25) is 0 Å². The predicted octanol–water partition coefficient (Wildman–Crippen LogP) is 3.03. The standard InChI is InChI=1S/C13H20N2O2.C2H6/c1-8-10-6-17-13(5,7-12(3,4)16)11(10)15-9(2)14-8;1-2/h16H,6-7H2,1-5H3;1-2H3. The third kappa shape index (κ3) is 3.51. The van der Waals surface area contributed by atoms with Crippen LogP contribution in [0.4, 0.5) is 0 Å². The van der Waals surface area contributed by atoms with Crippen LogP contribution in [0.1, 0.15) is 63.8 Å². The van der Waals surface area contributed by atoms with Gasteiger partial charge >= 0.3 is 0 Å². The van der Waals surface area contributed by atoms with E-state index in [1.54, 1.807) is 13.8 Å². The van der Waals surface area contributed by atoms with Crippen LogP contribution < -0.4 is 0 Å². The molecular formula is C15H26N2O2. The van der Waals surface area contributed by atoms with Gasteiger partial charge in [0.2, 0.25) is 0 Å². The number of aryl methyl sites for hydroxylation is 2. The first-order valence-electron chi connectivity index (χ1n) is 6.92. The Hall–Kier alpha value is -1.00. The van der Waals surface area contributed by atoms with Crippen molar-refractivity contribution in [3.05, 3.63) is 22.8 Å². The Morgan fingerprint density at radius 2 is 1.84 bits per heavy atom. The molecule has 1 atom stereocenters. The van der Waals surface area contributed by atoms with Crippen molar-refractivity contribution < 1.29 is 9.84 Å². The molecule has 4 heteroatoms. The summed E-state index contributed by atoms with van der Waals surface area (Å²) in [5.41, 5.74) is 1.70. The van der Waals surface area contributed by atoms with Gasteiger partial charge in [-0.2, -0.15) is 0 Å². The van der Waals surface area contributed by atoms with Crippen molar-refractivity contribution in [2.45, 2.75) is 72.7 Å². The van der Waals surface area contributed by atoms with Gasteiger partial charge in [0.15, 0.2) is 0 Å². The van der Waals surface area contributed by atoms with Gasteiger partial charge in [-0.1, -0.05) is 13.8 Å². The number of nitrogens with zero attached hydrogens (tertiary/aromatic N) is 2. The molecule has 2 heterocycles. The second-order valence-corrected chi connectivity index (χ2v) is 5.69. The first kappa shape index (κ1) is 16.1. The molecule has 2 rings (SSSR count). The summed E-state index contributed by atoms with van der Waals surface area (Å²) in [5.74, 6) is 0.758. The zero-order valence-corrected chi connectivity index (χ0v) is 13.2. The summed E-state index contributed by atoms with van der Waals surface area (Å²) in [4.78, 5) is 8.86. The molecule has 19 heavy (non-hydrogen) atoms. The molecule has 0 saturated carbocycles. The van der Waals surface area contributed by atoms with E-state index >= 15 is 0 Å². The van der Waals surface area contributed by atoms with Crippen LogP contribution in [-0.4, -0.2) is 20.7 Å². The molecule has 1 aliphatic rings. The Labute approximate surface area is 116 Å². The fraction of sp³-hybridized carbons (Fsp3) is 0.733. The van der Waals surface area contributed by atoms with E-state index in [9.17, 15) is 5.11 Å². The van der Waals surface area contributed by atoms with Crippen LogP contribution in [0.2, 0.25) is 0 Å². The predicted molar refractivity (Wildman–Crippen MR) is 75.9 cm³/mol. The summed E-state index contributed by atoms with van der Waals surface area (Å²) in [6, 6.07) is 0. The lowest BCUT2D eigenvalue weighted by Gasteiger charge is -2.30. The Kier molecular flexibility index (Phi) is 4.69. The van der Waals surface area contributed by atoms with Crippen LogP contribution in [0, 0.1) is 13.8 Å². The highest BCUT2D eigenvalue weighted by molar-refractivity contribution is 5.32. The van der Waals surface area contributed by atoms with E-state index in [2.05, 4.69) is 9.97 Å². The Morgan fingerprint density at radius 3 is 2.37 bits per heavy atom. The van der Waals surface area contributed by atoms with Crippen LogP contribution in [0.3, 0.4) is 0 Å². The van der Waals surface area contributed by atoms with Crippen LogP contribution in [-0.2, 0) is 16.9 Å². The van der Waals surface area contributed by atoms with Gasteiger partial charge in [0, 0.05) is 17.7 Å². The van der Waals surface area contributed by atoms with Crippen molar-refractivity contribution in [1.29, 1.82) is 0 Å². The van der Waals surface area contributed by atoms with E-state index < -0.39 is 11.2 Å². The molecule has 1 unspecified atom stereocenters. The Bertz CT molecular complexity index is 452. The number of ether oxygens (including phenoxy) is 1. The molecular weight excluding hydrogens is 240 g/mol. The highest BCUT2D eigenvalue weighted by Crippen LogP contribution is 2.41. The lowest BCUT2D eigenvalue weighted by Crippen LogP contribution is -2.33. The molecule has 1 N–H and O–H groups in total. The van der Waals surface area contributed by atoms with Crippen molar-refractivity contribution in [2.75, 3.05) is 0 Å². The topological polar surface area (TPSA) is 55.2 Å². The minimum Gasteiger partial charge on any atom is -0.390 e. The molecule has 108 valence electrons. The molecule has 0 spiro atoms. The van der Waals surface area contributed by atoms with Crippen LogP contribution in [0.25, 0.3) is 0 Å². The minimum atomic E-state index is -0.775. The van der Waals surface area contributed by atoms with Gasteiger partial charge in [-0.05, 0) is 34.6 Å². The van der Waals surface area contributed by atoms with E-state index in [0.717, 1.165) is 22.8 Å². The molecule has 0 aromatic carbocycles. The average Bonchev–Trinajstić information content (AvgIpc) is 2.57. The second-order valence-electron chi connectivity index (χ2n) is 5.69. The molecule has 0 bridgehead atoms. The molecule has 0 fully saturated rings. The normalized spacial score (nSPS) is 21.7. The summed E-state index contributed by atoms with van der Waals surface area (Å²) in [6.45, 7) is 14.0. The number of fused-ring (bicyclic) bond motifs is 1. The van der Waals surface area contributed by atoms with Crippen molar-refractivity contribution in [3.8, 4) is 0 Å². The van der Waals surface area contributed by atoms with Crippen LogP contribution in [0.15, 0.2) is 0 Å². The number of rotatable bonds is 2. The second kappa shape index (κ2) is 5.55. The zero-order valence-electron chi connectivity index (χ0n) is 13.2. The van der Waals surface area contributed by atoms with Gasteiger partial charge in [0.1, 0.15) is 11.4 Å². The van der Waals surface area contributed by atoms with Crippen molar-refractivity contribution in [2.24, 2.45) is 0 Å². The number of hydrogen-bond acceptors (Lipinski definition) is 4. The van der Waals surface area contributed by atoms with E-state index in [0.29, 0.717) is 13.0 Å². The molecule has 0 radical (unpaired) electrons. The van der Waals surface area contributed by atoms with Gasteiger partial charge < -0.3 is 9.84 Å². The first-order chi connectivity index (χ1) is 8.71. The monoisotopic (exact) mass is 266 g/mol. The molecule has 4 nitrogen and oxygen atoms in total. The summed E-state index contributed by atoms with van der Waals surface area (Å²) < 4.78 is 5.86. The van der Waals surface area contributed by atoms with Gasteiger partial charge in [-0.15, -0.1) is 0 Å². The van der Waals surface area contributed by atoms with Crippen molar-refractivity contribution >= 4 is 0 Å². The van der Waals surface area contributed by atoms with Crippen LogP contribution >= 0.6 is 0 Å². The lowest BCUT2D eigenvalue weighted by molar-refractivity contribution is -0.0813. The smallest absolute Gasteiger partial charge is 0.125 e. The highest BCUT2D eigenvalue weighted by Gasteiger charge is 2.42. The first-order valence-corrected chi connectivity index (χ1v) is 6.92. The SMILES string of the molecule is CC.Cc1nc(C)c2c(n1)C(C)(CC(C)(C)O)OC2. The molecule has 0 aliphatic carbocycles. The van der Waals surface area contributed by atoms with E-state index in [1.165, 1.54) is 0 Å². The van der Waals surface area contributed by atoms with Crippen molar-refractivity contribution in [1.82, 2.24) is 9.97 Å². The molecule has 1 aromatic heterocycles. The molecule has 0 amide bonds. The van der Waals surface area contributed by atoms with Gasteiger partial charge in [0.05, 0.1) is 17.9 Å². The van der Waals surface area contributed by atoms with Crippen molar-refractivity contribution in [3.63, 3.8) is 0 Å². The number of hydrogen-bond donors (Lipinski definition) is 1. The highest BCUT2D eigenvalue weighted by atomic mass is 16.5. The summed E-state index contributed by atoms with van der Waals surface area (Å²) in [6.07, 6.45) is 0.531. The third-order valence-electron chi connectivity index (χ3n) is 3.13. The largest absolute Gasteiger partial charge is 0.390 e. The average molecular weight is 266 g/mol. The van der Waals surface area contributed by atoms with Crippen LogP contribution in [0.5, 0.6) is 0 Å². The molecule has 0 saturated heterocycles. The van der Waals surface area contributed by atoms with Gasteiger partial charge in [0.25, 0.3) is 0 Å².